The van der Waals surface area contributed by atoms with Crippen molar-refractivity contribution in [1.82, 2.24) is 24.6 Å². The molecule has 3 rings (SSSR count). The summed E-state index contributed by atoms with van der Waals surface area (Å²) >= 11 is 0. The van der Waals surface area contributed by atoms with Crippen molar-refractivity contribution in [1.29, 1.82) is 0 Å². The van der Waals surface area contributed by atoms with Gasteiger partial charge in [-0.05, 0) is 32.3 Å². The van der Waals surface area contributed by atoms with Crippen molar-refractivity contribution in [3.8, 4) is 0 Å². The Kier molecular flexibility index (Phi) is 5.75. The summed E-state index contributed by atoms with van der Waals surface area (Å²) in [6, 6.07) is 1.84. The van der Waals surface area contributed by atoms with Crippen LogP contribution in [0, 0.1) is 6.92 Å². The summed E-state index contributed by atoms with van der Waals surface area (Å²) in [5.74, 6) is -0.0148. The van der Waals surface area contributed by atoms with E-state index < -0.39 is 0 Å². The molecule has 3 heterocycles. The zero-order valence-corrected chi connectivity index (χ0v) is 14.9. The van der Waals surface area contributed by atoms with Crippen molar-refractivity contribution < 1.29 is 9.53 Å². The molecule has 25 heavy (non-hydrogen) atoms. The highest BCUT2D eigenvalue weighted by molar-refractivity contribution is 5.92. The fourth-order valence-corrected chi connectivity index (χ4v) is 3.12. The van der Waals surface area contributed by atoms with E-state index in [0.29, 0.717) is 25.5 Å². The Balaban J connectivity index is 1.67. The molecule has 1 fully saturated rings. The van der Waals surface area contributed by atoms with Crippen LogP contribution >= 0.6 is 0 Å². The van der Waals surface area contributed by atoms with Crippen LogP contribution in [-0.4, -0.2) is 56.4 Å². The minimum atomic E-state index is -0.0148. The number of aryl methyl sites for hydroxylation is 3. The minimum absolute atomic E-state index is 0.0148. The molecule has 7 nitrogen and oxygen atoms in total. The van der Waals surface area contributed by atoms with Crippen LogP contribution in [-0.2, 0) is 17.7 Å². The van der Waals surface area contributed by atoms with Crippen LogP contribution in [0.15, 0.2) is 24.7 Å². The maximum atomic E-state index is 12.9. The second-order valence-corrected chi connectivity index (χ2v) is 6.32. The molecule has 7 heteroatoms. The highest BCUT2D eigenvalue weighted by Gasteiger charge is 2.29. The first kappa shape index (κ1) is 17.5. The highest BCUT2D eigenvalue weighted by Crippen LogP contribution is 2.17. The standard InChI is InChI=1S/C18H25N5O2/c1-3-9-22-10-6-17(21-22)18(24)23-11-12-25-13-15(23)4-5-16-14(2)19-7-8-20-16/h6-8,10,15H,3-5,9,11-13H2,1-2H3/t15-/m1/s1. The van der Waals surface area contributed by atoms with E-state index in [4.69, 9.17) is 4.74 Å². The second-order valence-electron chi connectivity index (χ2n) is 6.32. The summed E-state index contributed by atoms with van der Waals surface area (Å²) in [7, 11) is 0. The molecule has 0 aliphatic carbocycles. The summed E-state index contributed by atoms with van der Waals surface area (Å²) in [6.07, 6.45) is 7.86. The van der Waals surface area contributed by atoms with Crippen LogP contribution in [0.25, 0.3) is 0 Å². The molecule has 0 bridgehead atoms. The minimum Gasteiger partial charge on any atom is -0.377 e. The largest absolute Gasteiger partial charge is 0.377 e. The summed E-state index contributed by atoms with van der Waals surface area (Å²) < 4.78 is 7.43. The van der Waals surface area contributed by atoms with Gasteiger partial charge in [0.05, 0.1) is 30.6 Å². The van der Waals surface area contributed by atoms with Crippen LogP contribution in [0.1, 0.15) is 41.6 Å². The molecule has 2 aromatic rings. The predicted octanol–water partition coefficient (Wildman–Crippen LogP) is 1.87. The lowest BCUT2D eigenvalue weighted by Crippen LogP contribution is -2.49. The topological polar surface area (TPSA) is 73.1 Å². The van der Waals surface area contributed by atoms with E-state index in [1.807, 2.05) is 22.7 Å². The monoisotopic (exact) mass is 343 g/mol. The van der Waals surface area contributed by atoms with Crippen molar-refractivity contribution in [2.45, 2.75) is 45.7 Å². The Bertz CT molecular complexity index is 715. The Morgan fingerprint density at radius 1 is 1.36 bits per heavy atom. The van der Waals surface area contributed by atoms with Gasteiger partial charge in [-0.25, -0.2) is 0 Å². The molecule has 1 atom stereocenters. The molecular formula is C18H25N5O2. The van der Waals surface area contributed by atoms with Gasteiger partial charge in [0, 0.05) is 31.7 Å². The normalized spacial score (nSPS) is 17.7. The molecule has 0 radical (unpaired) electrons. The first-order valence-electron chi connectivity index (χ1n) is 8.87. The Labute approximate surface area is 148 Å². The van der Waals surface area contributed by atoms with Gasteiger partial charge in [0.25, 0.3) is 5.91 Å². The van der Waals surface area contributed by atoms with Crippen molar-refractivity contribution in [3.05, 3.63) is 41.7 Å². The SMILES string of the molecule is CCCn1ccc(C(=O)N2CCOC[C@H]2CCc2nccnc2C)n1. The lowest BCUT2D eigenvalue weighted by atomic mass is 10.1. The molecular weight excluding hydrogens is 318 g/mol. The van der Waals surface area contributed by atoms with Gasteiger partial charge in [0.15, 0.2) is 0 Å². The zero-order valence-electron chi connectivity index (χ0n) is 14.9. The first-order chi connectivity index (χ1) is 12.2. The molecule has 1 aliphatic rings. The van der Waals surface area contributed by atoms with Crippen LogP contribution in [0.4, 0.5) is 0 Å². The van der Waals surface area contributed by atoms with Gasteiger partial charge in [-0.15, -0.1) is 0 Å². The molecule has 0 saturated carbocycles. The third-order valence-electron chi connectivity index (χ3n) is 4.50. The van der Waals surface area contributed by atoms with Gasteiger partial charge < -0.3 is 9.64 Å². The third-order valence-corrected chi connectivity index (χ3v) is 4.50. The number of carbonyl (C=O) groups excluding carboxylic acids is 1. The molecule has 2 aromatic heterocycles. The Morgan fingerprint density at radius 3 is 3.00 bits per heavy atom. The number of nitrogens with zero attached hydrogens (tertiary/aromatic N) is 5. The fourth-order valence-electron chi connectivity index (χ4n) is 3.12. The maximum absolute atomic E-state index is 12.9. The number of hydrogen-bond acceptors (Lipinski definition) is 5. The van der Waals surface area contributed by atoms with E-state index in [0.717, 1.165) is 37.2 Å². The molecule has 0 unspecified atom stereocenters. The number of carbonyl (C=O) groups is 1. The van der Waals surface area contributed by atoms with E-state index in [1.54, 1.807) is 18.5 Å². The summed E-state index contributed by atoms with van der Waals surface area (Å²) in [5, 5.41) is 4.40. The predicted molar refractivity (Wildman–Crippen MR) is 93.3 cm³/mol. The van der Waals surface area contributed by atoms with E-state index in [2.05, 4.69) is 22.0 Å². The molecule has 1 amide bonds. The average molecular weight is 343 g/mol. The van der Waals surface area contributed by atoms with Crippen LogP contribution < -0.4 is 0 Å². The van der Waals surface area contributed by atoms with Gasteiger partial charge in [0.2, 0.25) is 0 Å². The number of ether oxygens (including phenoxy) is 1. The molecule has 0 aromatic carbocycles. The quantitative estimate of drug-likeness (QED) is 0.800. The van der Waals surface area contributed by atoms with Crippen molar-refractivity contribution >= 4 is 5.91 Å². The van der Waals surface area contributed by atoms with Crippen LogP contribution in [0.3, 0.4) is 0 Å². The lowest BCUT2D eigenvalue weighted by molar-refractivity contribution is -0.00448. The average Bonchev–Trinajstić information content (AvgIpc) is 3.10. The number of amides is 1. The van der Waals surface area contributed by atoms with E-state index in [1.165, 1.54) is 0 Å². The van der Waals surface area contributed by atoms with Crippen molar-refractivity contribution in [3.63, 3.8) is 0 Å². The van der Waals surface area contributed by atoms with Crippen molar-refractivity contribution in [2.75, 3.05) is 19.8 Å². The molecule has 0 spiro atoms. The van der Waals surface area contributed by atoms with Crippen LogP contribution in [0.2, 0.25) is 0 Å². The highest BCUT2D eigenvalue weighted by atomic mass is 16.5. The van der Waals surface area contributed by atoms with Gasteiger partial charge in [-0.2, -0.15) is 5.10 Å². The van der Waals surface area contributed by atoms with Gasteiger partial charge in [-0.1, -0.05) is 6.92 Å². The number of morpholine rings is 1. The Morgan fingerprint density at radius 2 is 2.20 bits per heavy atom. The molecule has 134 valence electrons. The third kappa shape index (κ3) is 4.22. The number of hydrogen-bond donors (Lipinski definition) is 0. The first-order valence-corrected chi connectivity index (χ1v) is 8.87. The van der Waals surface area contributed by atoms with Gasteiger partial charge in [0.1, 0.15) is 5.69 Å². The fraction of sp³-hybridized carbons (Fsp3) is 0.556. The lowest BCUT2D eigenvalue weighted by Gasteiger charge is -2.35. The Hall–Kier alpha value is -2.28. The van der Waals surface area contributed by atoms with E-state index in [9.17, 15) is 4.79 Å². The molecule has 1 aliphatic heterocycles. The van der Waals surface area contributed by atoms with Crippen molar-refractivity contribution in [2.24, 2.45) is 0 Å². The van der Waals surface area contributed by atoms with Crippen LogP contribution in [0.5, 0.6) is 0 Å². The number of aromatic nitrogens is 4. The summed E-state index contributed by atoms with van der Waals surface area (Å²) in [4.78, 5) is 23.4. The summed E-state index contributed by atoms with van der Waals surface area (Å²) in [6.45, 7) is 6.61. The number of rotatable bonds is 6. The zero-order chi connectivity index (χ0) is 17.6. The molecule has 0 N–H and O–H groups in total. The smallest absolute Gasteiger partial charge is 0.274 e. The maximum Gasteiger partial charge on any atom is 0.274 e. The molecule has 1 saturated heterocycles. The van der Waals surface area contributed by atoms with E-state index in [-0.39, 0.29) is 11.9 Å². The second kappa shape index (κ2) is 8.20. The van der Waals surface area contributed by atoms with E-state index >= 15 is 0 Å². The van der Waals surface area contributed by atoms with Gasteiger partial charge >= 0.3 is 0 Å². The van der Waals surface area contributed by atoms with Gasteiger partial charge in [-0.3, -0.25) is 19.4 Å². The summed E-state index contributed by atoms with van der Waals surface area (Å²) in [5.41, 5.74) is 2.43.